The number of thioether (sulfide) groups is 1. The van der Waals surface area contributed by atoms with E-state index >= 15 is 0 Å². The molecule has 2 heteroatoms. The second-order valence-electron chi connectivity index (χ2n) is 4.23. The zero-order valence-electron chi connectivity index (χ0n) is 10.2. The summed E-state index contributed by atoms with van der Waals surface area (Å²) >= 11 is 1.86. The molecule has 0 aliphatic carbocycles. The lowest BCUT2D eigenvalue weighted by Gasteiger charge is -2.17. The van der Waals surface area contributed by atoms with Crippen LogP contribution in [0.1, 0.15) is 16.7 Å². The molecule has 3 rings (SSSR count). The molecule has 0 radical (unpaired) electrons. The molecule has 0 saturated heterocycles. The Labute approximate surface area is 111 Å². The minimum Gasteiger partial charge on any atom is -0.497 e. The Bertz CT molecular complexity index is 584. The fourth-order valence-corrected chi connectivity index (χ4v) is 3.13. The predicted molar refractivity (Wildman–Crippen MR) is 77.8 cm³/mol. The van der Waals surface area contributed by atoms with Gasteiger partial charge in [-0.1, -0.05) is 36.4 Å². The molecule has 0 bridgehead atoms. The largest absolute Gasteiger partial charge is 0.497 e. The fraction of sp³-hybridized carbons (Fsp3) is 0.125. The lowest BCUT2D eigenvalue weighted by molar-refractivity contribution is 0.415. The first-order valence-corrected chi connectivity index (χ1v) is 6.98. The second kappa shape index (κ2) is 4.91. The SMILES string of the molecule is COc1ccc(C2=CSCc3ccccc32)cc1. The smallest absolute Gasteiger partial charge is 0.118 e. The second-order valence-corrected chi connectivity index (χ2v) is 5.09. The van der Waals surface area contributed by atoms with Crippen molar-refractivity contribution in [3.8, 4) is 5.75 Å². The highest BCUT2D eigenvalue weighted by Gasteiger charge is 2.13. The van der Waals surface area contributed by atoms with Crippen LogP contribution in [0.15, 0.2) is 53.9 Å². The molecule has 0 saturated carbocycles. The average Bonchev–Trinajstić information content (AvgIpc) is 2.47. The molecule has 90 valence electrons. The van der Waals surface area contributed by atoms with Crippen molar-refractivity contribution < 1.29 is 4.74 Å². The van der Waals surface area contributed by atoms with Crippen molar-refractivity contribution in [1.82, 2.24) is 0 Å². The Kier molecular flexibility index (Phi) is 3.11. The Morgan fingerprint density at radius 3 is 2.56 bits per heavy atom. The standard InChI is InChI=1S/C16H14OS/c1-17-14-8-6-12(7-9-14)16-11-18-10-13-4-2-3-5-15(13)16/h2-9,11H,10H2,1H3. The third kappa shape index (κ3) is 2.04. The zero-order chi connectivity index (χ0) is 12.4. The lowest BCUT2D eigenvalue weighted by atomic mass is 9.95. The molecule has 0 amide bonds. The fourth-order valence-electron chi connectivity index (χ4n) is 2.18. The van der Waals surface area contributed by atoms with E-state index in [2.05, 4.69) is 41.8 Å². The lowest BCUT2D eigenvalue weighted by Crippen LogP contribution is -1.97. The topological polar surface area (TPSA) is 9.23 Å². The monoisotopic (exact) mass is 254 g/mol. The number of benzene rings is 2. The van der Waals surface area contributed by atoms with Crippen LogP contribution >= 0.6 is 11.8 Å². The highest BCUT2D eigenvalue weighted by Crippen LogP contribution is 2.35. The summed E-state index contributed by atoms with van der Waals surface area (Å²) in [6, 6.07) is 16.9. The van der Waals surface area contributed by atoms with E-state index in [1.807, 2.05) is 23.9 Å². The summed E-state index contributed by atoms with van der Waals surface area (Å²) in [7, 11) is 1.69. The van der Waals surface area contributed by atoms with E-state index in [0.29, 0.717) is 0 Å². The Hall–Kier alpha value is -1.67. The van der Waals surface area contributed by atoms with Crippen LogP contribution in [0.5, 0.6) is 5.75 Å². The van der Waals surface area contributed by atoms with Gasteiger partial charge in [0.2, 0.25) is 0 Å². The van der Waals surface area contributed by atoms with Crippen molar-refractivity contribution in [3.63, 3.8) is 0 Å². The maximum Gasteiger partial charge on any atom is 0.118 e. The summed E-state index contributed by atoms with van der Waals surface area (Å²) in [5.41, 5.74) is 5.32. The summed E-state index contributed by atoms with van der Waals surface area (Å²) in [6.45, 7) is 0. The summed E-state index contributed by atoms with van der Waals surface area (Å²) in [6.07, 6.45) is 0. The van der Waals surface area contributed by atoms with E-state index in [9.17, 15) is 0 Å². The zero-order valence-corrected chi connectivity index (χ0v) is 11.0. The van der Waals surface area contributed by atoms with Crippen molar-refractivity contribution >= 4 is 17.3 Å². The predicted octanol–water partition coefficient (Wildman–Crippen LogP) is 4.33. The molecule has 0 spiro atoms. The van der Waals surface area contributed by atoms with Gasteiger partial charge in [-0.2, -0.15) is 0 Å². The minimum absolute atomic E-state index is 0.899. The molecule has 2 aromatic rings. The molecule has 0 aromatic heterocycles. The molecule has 1 nitrogen and oxygen atoms in total. The van der Waals surface area contributed by atoms with E-state index in [1.165, 1.54) is 22.3 Å². The molecule has 1 aliphatic rings. The van der Waals surface area contributed by atoms with Gasteiger partial charge in [0.25, 0.3) is 0 Å². The van der Waals surface area contributed by atoms with Gasteiger partial charge in [-0.15, -0.1) is 11.8 Å². The Balaban J connectivity index is 2.03. The Morgan fingerprint density at radius 2 is 1.78 bits per heavy atom. The van der Waals surface area contributed by atoms with Crippen LogP contribution in [-0.2, 0) is 5.75 Å². The van der Waals surface area contributed by atoms with E-state index < -0.39 is 0 Å². The minimum atomic E-state index is 0.899. The van der Waals surface area contributed by atoms with Crippen LogP contribution in [0.4, 0.5) is 0 Å². The third-order valence-electron chi connectivity index (χ3n) is 3.15. The summed E-state index contributed by atoms with van der Waals surface area (Å²) < 4.78 is 5.20. The van der Waals surface area contributed by atoms with Crippen LogP contribution in [0.25, 0.3) is 5.57 Å². The van der Waals surface area contributed by atoms with Gasteiger partial charge < -0.3 is 4.74 Å². The molecular weight excluding hydrogens is 240 g/mol. The number of rotatable bonds is 2. The van der Waals surface area contributed by atoms with Crippen molar-refractivity contribution in [2.45, 2.75) is 5.75 Å². The molecule has 1 heterocycles. The Morgan fingerprint density at radius 1 is 1.00 bits per heavy atom. The van der Waals surface area contributed by atoms with Gasteiger partial charge in [-0.25, -0.2) is 0 Å². The number of fused-ring (bicyclic) bond motifs is 1. The number of hydrogen-bond donors (Lipinski definition) is 0. The van der Waals surface area contributed by atoms with Crippen molar-refractivity contribution in [2.75, 3.05) is 7.11 Å². The molecule has 1 aliphatic heterocycles. The van der Waals surface area contributed by atoms with Gasteiger partial charge in [-0.05, 0) is 39.8 Å². The van der Waals surface area contributed by atoms with Crippen molar-refractivity contribution in [2.24, 2.45) is 0 Å². The van der Waals surface area contributed by atoms with Gasteiger partial charge in [0.05, 0.1) is 7.11 Å². The number of methoxy groups -OCH3 is 1. The molecule has 0 N–H and O–H groups in total. The highest BCUT2D eigenvalue weighted by atomic mass is 32.2. The maximum atomic E-state index is 5.20. The first-order chi connectivity index (χ1) is 8.88. The molecular formula is C16H14OS. The number of ether oxygens (including phenoxy) is 1. The van der Waals surface area contributed by atoms with Gasteiger partial charge in [0, 0.05) is 5.75 Å². The molecule has 18 heavy (non-hydrogen) atoms. The van der Waals surface area contributed by atoms with Crippen LogP contribution in [0.3, 0.4) is 0 Å². The van der Waals surface area contributed by atoms with Gasteiger partial charge >= 0.3 is 0 Å². The van der Waals surface area contributed by atoms with Crippen molar-refractivity contribution in [3.05, 3.63) is 70.6 Å². The third-order valence-corrected chi connectivity index (χ3v) is 4.03. The van der Waals surface area contributed by atoms with Crippen LogP contribution in [0.2, 0.25) is 0 Å². The van der Waals surface area contributed by atoms with Gasteiger partial charge in [-0.3, -0.25) is 0 Å². The van der Waals surface area contributed by atoms with Crippen LogP contribution < -0.4 is 4.74 Å². The molecule has 0 atom stereocenters. The first kappa shape index (κ1) is 11.4. The summed E-state index contributed by atoms with van der Waals surface area (Å²) in [4.78, 5) is 0. The van der Waals surface area contributed by atoms with Gasteiger partial charge in [0.15, 0.2) is 0 Å². The maximum absolute atomic E-state index is 5.20. The quantitative estimate of drug-likeness (QED) is 0.788. The molecule has 0 unspecified atom stereocenters. The van der Waals surface area contributed by atoms with E-state index in [4.69, 9.17) is 4.74 Å². The summed E-state index contributed by atoms with van der Waals surface area (Å²) in [5, 5.41) is 2.25. The summed E-state index contributed by atoms with van der Waals surface area (Å²) in [5.74, 6) is 1.96. The number of hydrogen-bond acceptors (Lipinski definition) is 2. The highest BCUT2D eigenvalue weighted by molar-refractivity contribution is 8.01. The molecule has 0 fully saturated rings. The van der Waals surface area contributed by atoms with Crippen molar-refractivity contribution in [1.29, 1.82) is 0 Å². The average molecular weight is 254 g/mol. The van der Waals surface area contributed by atoms with E-state index in [-0.39, 0.29) is 0 Å². The molecule has 2 aromatic carbocycles. The van der Waals surface area contributed by atoms with Crippen LogP contribution in [0, 0.1) is 0 Å². The van der Waals surface area contributed by atoms with E-state index in [1.54, 1.807) is 7.11 Å². The van der Waals surface area contributed by atoms with E-state index in [0.717, 1.165) is 11.5 Å². The normalized spacial score (nSPS) is 13.7. The van der Waals surface area contributed by atoms with Gasteiger partial charge in [0.1, 0.15) is 5.75 Å². The van der Waals surface area contributed by atoms with Crippen LogP contribution in [-0.4, -0.2) is 7.11 Å². The first-order valence-electron chi connectivity index (χ1n) is 5.93.